The number of hydrogen-bond donors (Lipinski definition) is 8. The Hall–Kier alpha value is -8.00. The predicted molar refractivity (Wildman–Crippen MR) is 360 cm³/mol. The van der Waals surface area contributed by atoms with Crippen molar-refractivity contribution in [3.8, 4) is 6.07 Å². The number of benzene rings is 1. The van der Waals surface area contributed by atoms with Crippen molar-refractivity contribution in [2.45, 2.75) is 108 Å². The number of carbonyl (C=O) groups excluding carboxylic acids is 1. The molecule has 6 unspecified atom stereocenters. The summed E-state index contributed by atoms with van der Waals surface area (Å²) in [5.74, 6) is -0.785. The number of nitrogens with two attached hydrogens (primary N) is 2. The minimum Gasteiger partial charge on any atom is -0.780 e. The summed E-state index contributed by atoms with van der Waals surface area (Å²) in [6.07, 6.45) is -7.07. The molecule has 1 aromatic carbocycles. The lowest BCUT2D eigenvalue weighted by Gasteiger charge is -2.34. The van der Waals surface area contributed by atoms with Gasteiger partial charge in [0.05, 0.1) is 90.2 Å². The maximum Gasteiger partial charge on any atom is 0.475 e. The van der Waals surface area contributed by atoms with E-state index in [-0.39, 0.29) is 100 Å². The molecule has 12 heterocycles. The number of fused-ring (bicyclic) bond motifs is 6. The summed E-state index contributed by atoms with van der Waals surface area (Å²) < 4.78 is 119. The van der Waals surface area contributed by atoms with E-state index in [0.717, 1.165) is 17.2 Å². The standard InChI is InChI=1S/C36H45N11O11P2S.C20H26N10O13P2/c1-5-24-15-53-59(50,52-13-9-12-37)58-29-22(4)35(47-20-41-27-30(39-18-40-31(27)47)43-33(48)23-10-7-6-8-11-23)57-25(29)16-54-60(51,61)55-17-26(56-24)46-19-42-28-32(46)44-36(45-34(28)49)38-14-21(2)3;21-15-11-16(24-5-23-15)30(7-25-11)19-13(32)14-9(42-19)3-39-44(34,35)40-4-10(41-8(1-31)2-38-45(36,37)43-14)29-6-26-12-17(29)27-20(22)28-18(12)33/h6-8,10-11,18-22,24-26,29,35H,5,9,13-17H2,1-4H3,(H,51,61)(H2,38,44,45,49)(H,39,40,43,48);5-10,13-14,19,31-32H,1-4H2,(H,34,35)(H,36,37)(H2,21,23,24)(H3,22,27,28,33)/p-3/t22-,24-,25+,26+,29?,35+,59?,60?;8-,9+,10+,13-,14?,19+/m00/s1. The topological polar surface area (TPSA) is 612 Å². The molecule has 570 valence electrons. The van der Waals surface area contributed by atoms with Gasteiger partial charge in [0.25, 0.3) is 32.7 Å². The molecule has 106 heavy (non-hydrogen) atoms. The zero-order chi connectivity index (χ0) is 75.4. The first kappa shape index (κ1) is 77.6. The molecule has 13 rings (SSSR count). The Bertz CT molecular complexity index is 5010. The molecule has 0 bridgehead atoms. The number of amides is 1. The summed E-state index contributed by atoms with van der Waals surface area (Å²) in [4.78, 5) is 124. The number of aliphatic hydroxyl groups is 2. The number of H-pyrrole nitrogens is 2. The third-order valence-corrected chi connectivity index (χ3v) is 21.3. The fraction of sp³-hybridized carbons (Fsp3) is 0.500. The number of carbonyl (C=O) groups is 1. The third kappa shape index (κ3) is 17.7. The average Bonchev–Trinajstić information content (AvgIpc) is 1.62. The van der Waals surface area contributed by atoms with Gasteiger partial charge >= 0.3 is 7.82 Å². The smallest absolute Gasteiger partial charge is 0.475 e. The quantitative estimate of drug-likeness (QED) is 0.0552. The van der Waals surface area contributed by atoms with Crippen LogP contribution in [0.15, 0.2) is 77.9 Å². The molecular weight excluding hydrogens is 1510 g/mol. The predicted octanol–water partition coefficient (Wildman–Crippen LogP) is 0.822. The first-order valence-electron chi connectivity index (χ1n) is 32.2. The number of ether oxygens (including phenoxy) is 4. The first-order chi connectivity index (χ1) is 50.6. The van der Waals surface area contributed by atoms with Gasteiger partial charge in [0.15, 0.2) is 69.5 Å². The Balaban J connectivity index is 0.000000208. The minimum absolute atomic E-state index is 0.00221. The zero-order valence-corrected chi connectivity index (χ0v) is 60.5. The number of phosphoric acid groups is 3. The van der Waals surface area contributed by atoms with Crippen molar-refractivity contribution < 1.29 is 103 Å². The van der Waals surface area contributed by atoms with Crippen LogP contribution in [0.1, 0.15) is 75.8 Å². The highest BCUT2D eigenvalue weighted by molar-refractivity contribution is 8.06. The van der Waals surface area contributed by atoms with Crippen LogP contribution < -0.4 is 47.9 Å². The molecule has 0 saturated carbocycles. The molecule has 0 aliphatic carbocycles. The highest BCUT2D eigenvalue weighted by Gasteiger charge is 2.51. The normalized spacial score (nSPS) is 30.2. The number of nitrogens with zero attached hydrogens (tertiary/aromatic N) is 15. The summed E-state index contributed by atoms with van der Waals surface area (Å²) in [5, 5.41) is 36.1. The Kier molecular flexibility index (Phi) is 24.0. The monoisotopic (exact) mass is 1570 g/mol. The van der Waals surface area contributed by atoms with Gasteiger partial charge in [-0.15, -0.1) is 0 Å². The molecule has 0 radical (unpaired) electrons. The van der Waals surface area contributed by atoms with Crippen molar-refractivity contribution in [1.82, 2.24) is 78.1 Å². The van der Waals surface area contributed by atoms with E-state index in [4.69, 9.17) is 82.9 Å². The molecule has 4 aliphatic heterocycles. The number of imidazole rings is 4. The summed E-state index contributed by atoms with van der Waals surface area (Å²) in [6.45, 7) is -1.32. The number of aromatic amines is 2. The van der Waals surface area contributed by atoms with E-state index >= 15 is 0 Å². The van der Waals surface area contributed by atoms with Gasteiger partial charge in [-0.1, -0.05) is 57.7 Å². The Morgan fingerprint density at radius 2 is 1.28 bits per heavy atom. The lowest BCUT2D eigenvalue weighted by atomic mass is 10.0. The number of phosphoric ester groups is 3. The molecule has 4 aliphatic rings. The summed E-state index contributed by atoms with van der Waals surface area (Å²) >= 11 is 5.34. The van der Waals surface area contributed by atoms with Crippen LogP contribution in [0.2, 0.25) is 0 Å². The Morgan fingerprint density at radius 3 is 1.98 bits per heavy atom. The van der Waals surface area contributed by atoms with Crippen LogP contribution in [0.3, 0.4) is 0 Å². The van der Waals surface area contributed by atoms with E-state index in [2.05, 4.69) is 70.4 Å². The van der Waals surface area contributed by atoms with Gasteiger partial charge < -0.3 is 93.1 Å². The van der Waals surface area contributed by atoms with Crippen LogP contribution >= 0.6 is 30.2 Å². The van der Waals surface area contributed by atoms with Gasteiger partial charge in [0, 0.05) is 18.0 Å². The van der Waals surface area contributed by atoms with Gasteiger partial charge in [0.1, 0.15) is 74.3 Å². The number of nitrogen functional groups attached to an aromatic ring is 2. The first-order valence-corrected chi connectivity index (χ1v) is 39.2. The molecule has 10 N–H and O–H groups in total. The highest BCUT2D eigenvalue weighted by atomic mass is 32.5. The van der Waals surface area contributed by atoms with Crippen molar-refractivity contribution >= 4 is 116 Å². The van der Waals surface area contributed by atoms with Gasteiger partial charge in [-0.25, -0.2) is 44.4 Å². The van der Waals surface area contributed by atoms with Crippen molar-refractivity contribution in [1.29, 1.82) is 5.26 Å². The molecule has 50 heteroatoms. The fourth-order valence-corrected chi connectivity index (χ4v) is 15.5. The summed E-state index contributed by atoms with van der Waals surface area (Å²) in [6, 6.07) is 10.5. The number of rotatable bonds is 14. The van der Waals surface area contributed by atoms with Crippen molar-refractivity contribution in [2.24, 2.45) is 11.8 Å². The average molecular weight is 1580 g/mol. The summed E-state index contributed by atoms with van der Waals surface area (Å²) in [7, 11) is -15.1. The van der Waals surface area contributed by atoms with E-state index in [1.165, 1.54) is 34.4 Å². The number of nitriles is 1. The van der Waals surface area contributed by atoms with Crippen LogP contribution in [0.4, 0.5) is 23.5 Å². The second kappa shape index (κ2) is 32.8. The van der Waals surface area contributed by atoms with Crippen LogP contribution in [0.25, 0.3) is 44.7 Å². The third-order valence-electron chi connectivity index (χ3n) is 16.4. The van der Waals surface area contributed by atoms with Crippen molar-refractivity contribution in [3.63, 3.8) is 0 Å². The summed E-state index contributed by atoms with van der Waals surface area (Å²) in [5.41, 5.74) is 11.2. The second-order valence-corrected chi connectivity index (χ2v) is 31.3. The fourth-order valence-electron chi connectivity index (χ4n) is 11.2. The maximum atomic E-state index is 14.5. The van der Waals surface area contributed by atoms with Crippen LogP contribution in [-0.4, -0.2) is 196 Å². The van der Waals surface area contributed by atoms with E-state index in [0.29, 0.717) is 12.1 Å². The van der Waals surface area contributed by atoms with E-state index in [1.54, 1.807) is 48.7 Å². The molecule has 8 aromatic heterocycles. The Labute approximate surface area is 602 Å². The number of aromatic nitrogens is 16. The van der Waals surface area contributed by atoms with Gasteiger partial charge in [-0.3, -0.25) is 65.3 Å². The van der Waals surface area contributed by atoms with Crippen molar-refractivity contribution in [3.05, 3.63) is 94.6 Å². The zero-order valence-electron chi connectivity index (χ0n) is 56.1. The lowest BCUT2D eigenvalue weighted by molar-refractivity contribution is -0.243. The number of aliphatic hydroxyl groups excluding tert-OH is 2. The van der Waals surface area contributed by atoms with Gasteiger partial charge in [0.2, 0.25) is 11.9 Å². The van der Waals surface area contributed by atoms with Crippen LogP contribution in [-0.2, 0) is 85.2 Å². The van der Waals surface area contributed by atoms with Crippen LogP contribution in [0, 0.1) is 23.2 Å². The highest BCUT2D eigenvalue weighted by Crippen LogP contribution is 2.56. The molecule has 16 atom stereocenters. The molecule has 4 saturated heterocycles. The number of nitrogens with one attached hydrogen (secondary N) is 4. The maximum absolute atomic E-state index is 14.5. The molecule has 45 nitrogen and oxygen atoms in total. The van der Waals surface area contributed by atoms with Gasteiger partial charge in [-0.05, 0) is 24.5 Å². The molecule has 4 fully saturated rings. The largest absolute Gasteiger partial charge is 0.780 e. The van der Waals surface area contributed by atoms with E-state index < -0.39 is 160 Å². The number of anilines is 4. The minimum atomic E-state index is -5.32. The Morgan fingerprint density at radius 1 is 0.708 bits per heavy atom. The van der Waals surface area contributed by atoms with Crippen LogP contribution in [0.5, 0.6) is 0 Å². The molecular formula is C56H68N21O24P4S-3. The SMILES string of the molecule is CC[C@H]1COP(=O)(OCCC#N)OC2[C@@H](COP([O-])(=S)OC[C@H](n3cnc4c(=O)[nH]c(NCC(C)C)nc43)O1)O[C@@H](n1cnc3c(NC(=O)c4ccccc4)ncnc31)[C@H]2C.Nc1nc2c(ncn2[C@H]2COP(=O)([O-])OC[C@H]3O[C@@H](n4cnc5c(N)ncnc54)[C@@H](O)C3OP(=O)([O-])OC[C@H](CO)O2)c(=O)[nH]1. The molecule has 9 aromatic rings. The van der Waals surface area contributed by atoms with E-state index in [1.807, 2.05) is 19.9 Å². The van der Waals surface area contributed by atoms with E-state index in [9.17, 15) is 58.2 Å². The molecule has 0 spiro atoms. The van der Waals surface area contributed by atoms with Gasteiger partial charge in [-0.2, -0.15) is 15.2 Å². The molecule has 1 amide bonds. The number of hydrogen-bond acceptors (Lipinski definition) is 39. The van der Waals surface area contributed by atoms with Crippen molar-refractivity contribution in [2.75, 3.05) is 81.5 Å². The second-order valence-electron chi connectivity index (χ2n) is 24.2. The lowest BCUT2D eigenvalue weighted by Crippen LogP contribution is -2.38.